The number of unbranched alkanes of at least 4 members (excludes halogenated alkanes) is 1. The van der Waals surface area contributed by atoms with Gasteiger partial charge in [0, 0.05) is 17.1 Å². The normalized spacial score (nSPS) is 11.8. The molecule has 7 nitrogen and oxygen atoms in total. The molecule has 4 rings (SSSR count). The molecule has 0 unspecified atom stereocenters. The highest BCUT2D eigenvalue weighted by Crippen LogP contribution is 2.38. The zero-order valence-corrected chi connectivity index (χ0v) is 20.1. The van der Waals surface area contributed by atoms with Gasteiger partial charge < -0.3 is 23.3 Å². The summed E-state index contributed by atoms with van der Waals surface area (Å²) in [6.45, 7) is 2.90. The van der Waals surface area contributed by atoms with Crippen molar-refractivity contribution in [3.8, 4) is 11.5 Å². The monoisotopic (exact) mass is 504 g/mol. The van der Waals surface area contributed by atoms with E-state index in [2.05, 4.69) is 5.16 Å². The molecule has 0 saturated carbocycles. The molecule has 0 radical (unpaired) electrons. The van der Waals surface area contributed by atoms with Gasteiger partial charge in [-0.2, -0.15) is 13.2 Å². The molecule has 10 heteroatoms. The molecule has 192 valence electrons. The summed E-state index contributed by atoms with van der Waals surface area (Å²) in [5, 5.41) is 4.09. The maximum atomic E-state index is 13.2. The van der Waals surface area contributed by atoms with Crippen LogP contribution in [0.15, 0.2) is 47.1 Å². The Bertz CT molecular complexity index is 1340. The zero-order chi connectivity index (χ0) is 25.7. The molecule has 2 aromatic heterocycles. The van der Waals surface area contributed by atoms with Crippen LogP contribution in [0.3, 0.4) is 0 Å². The second kappa shape index (κ2) is 10.9. The molecule has 0 aliphatic rings. The van der Waals surface area contributed by atoms with Gasteiger partial charge in [-0.15, -0.1) is 0 Å². The van der Waals surface area contributed by atoms with Crippen LogP contribution >= 0.6 is 0 Å². The van der Waals surface area contributed by atoms with Crippen LogP contribution in [0.4, 0.5) is 13.2 Å². The highest BCUT2D eigenvalue weighted by Gasteiger charge is 2.37. The van der Waals surface area contributed by atoms with Gasteiger partial charge in [-0.3, -0.25) is 4.79 Å². The minimum Gasteiger partial charge on any atom is -0.493 e. The Hall–Kier alpha value is -3.69. The summed E-state index contributed by atoms with van der Waals surface area (Å²) in [5.41, 5.74) is 0.574. The number of aromatic nitrogens is 2. The van der Waals surface area contributed by atoms with Crippen LogP contribution in [0, 0.1) is 0 Å². The minimum absolute atomic E-state index is 0.0544. The van der Waals surface area contributed by atoms with E-state index in [1.54, 1.807) is 10.6 Å². The number of aryl methyl sites for hydroxylation is 1. The third-order valence-corrected chi connectivity index (χ3v) is 5.82. The van der Waals surface area contributed by atoms with Crippen molar-refractivity contribution >= 4 is 27.8 Å². The number of benzene rings is 2. The Balaban J connectivity index is 1.33. The Kier molecular flexibility index (Phi) is 7.71. The predicted octanol–water partition coefficient (Wildman–Crippen LogP) is 6.16. The quantitative estimate of drug-likeness (QED) is 0.180. The van der Waals surface area contributed by atoms with Crippen molar-refractivity contribution < 1.29 is 36.7 Å². The van der Waals surface area contributed by atoms with Gasteiger partial charge in [0.05, 0.1) is 31.2 Å². The van der Waals surface area contributed by atoms with E-state index in [-0.39, 0.29) is 23.5 Å². The fourth-order valence-corrected chi connectivity index (χ4v) is 4.10. The molecule has 0 saturated heterocycles. The van der Waals surface area contributed by atoms with Crippen molar-refractivity contribution in [2.75, 3.05) is 20.3 Å². The molecule has 0 fully saturated rings. The van der Waals surface area contributed by atoms with E-state index in [0.29, 0.717) is 43.8 Å². The Morgan fingerprint density at radius 2 is 1.78 bits per heavy atom. The molecule has 0 bridgehead atoms. The van der Waals surface area contributed by atoms with Gasteiger partial charge >= 0.3 is 12.1 Å². The van der Waals surface area contributed by atoms with E-state index in [9.17, 15) is 18.0 Å². The third kappa shape index (κ3) is 5.42. The number of esters is 1. The summed E-state index contributed by atoms with van der Waals surface area (Å²) in [6, 6.07) is 10.5. The number of fused-ring (bicyclic) bond motifs is 2. The number of rotatable bonds is 11. The summed E-state index contributed by atoms with van der Waals surface area (Å²) in [7, 11) is 1.35. The zero-order valence-electron chi connectivity index (χ0n) is 20.1. The van der Waals surface area contributed by atoms with Gasteiger partial charge in [-0.1, -0.05) is 24.6 Å². The fraction of sp³-hybridized carbons (Fsp3) is 0.385. The summed E-state index contributed by atoms with van der Waals surface area (Å²) >= 11 is 0. The van der Waals surface area contributed by atoms with E-state index >= 15 is 0 Å². The van der Waals surface area contributed by atoms with Crippen LogP contribution in [0.25, 0.3) is 21.9 Å². The molecule has 4 aromatic rings. The Morgan fingerprint density at radius 3 is 2.47 bits per heavy atom. The third-order valence-electron chi connectivity index (χ3n) is 5.82. The highest BCUT2D eigenvalue weighted by molar-refractivity contribution is 5.87. The summed E-state index contributed by atoms with van der Waals surface area (Å²) < 4.78 is 63.0. The van der Waals surface area contributed by atoms with Crippen molar-refractivity contribution in [3.05, 3.63) is 53.9 Å². The van der Waals surface area contributed by atoms with Gasteiger partial charge in [0.1, 0.15) is 18.0 Å². The predicted molar refractivity (Wildman–Crippen MR) is 127 cm³/mol. The van der Waals surface area contributed by atoms with Crippen molar-refractivity contribution in [1.29, 1.82) is 0 Å². The lowest BCUT2D eigenvalue weighted by Crippen LogP contribution is -2.10. The number of methoxy groups -OCH3 is 1. The lowest BCUT2D eigenvalue weighted by Gasteiger charge is -2.12. The largest absolute Gasteiger partial charge is 0.493 e. The van der Waals surface area contributed by atoms with Gasteiger partial charge in [-0.25, -0.2) is 0 Å². The summed E-state index contributed by atoms with van der Waals surface area (Å²) in [6.07, 6.45) is -0.122. The molecule has 0 atom stereocenters. The Labute approximate surface area is 205 Å². The summed E-state index contributed by atoms with van der Waals surface area (Å²) in [4.78, 5) is 11.6. The molecule has 0 N–H and O–H groups in total. The number of nitrogens with zero attached hydrogens (tertiary/aromatic N) is 2. The van der Waals surface area contributed by atoms with Crippen molar-refractivity contribution in [2.24, 2.45) is 0 Å². The van der Waals surface area contributed by atoms with Crippen LogP contribution in [0.5, 0.6) is 11.5 Å². The number of hydrogen-bond acceptors (Lipinski definition) is 6. The summed E-state index contributed by atoms with van der Waals surface area (Å²) in [5.74, 6) is 0.898. The number of hydrogen-bond donors (Lipinski definition) is 0. The van der Waals surface area contributed by atoms with Gasteiger partial charge in [0.2, 0.25) is 0 Å². The molecule has 2 aromatic carbocycles. The van der Waals surface area contributed by atoms with Gasteiger partial charge in [0.25, 0.3) is 0 Å². The van der Waals surface area contributed by atoms with Gasteiger partial charge in [0.15, 0.2) is 11.3 Å². The second-order valence-electron chi connectivity index (χ2n) is 8.31. The Morgan fingerprint density at radius 1 is 1.03 bits per heavy atom. The average molecular weight is 505 g/mol. The van der Waals surface area contributed by atoms with E-state index in [1.807, 2.05) is 37.4 Å². The van der Waals surface area contributed by atoms with Crippen molar-refractivity contribution in [3.63, 3.8) is 0 Å². The molecule has 36 heavy (non-hydrogen) atoms. The number of carbonyl (C=O) groups excluding carboxylic acids is 1. The van der Waals surface area contributed by atoms with Crippen LogP contribution in [-0.2, 0) is 28.7 Å². The lowest BCUT2D eigenvalue weighted by atomic mass is 10.0. The van der Waals surface area contributed by atoms with Crippen LogP contribution in [0.2, 0.25) is 0 Å². The van der Waals surface area contributed by atoms with Crippen LogP contribution in [0.1, 0.15) is 37.4 Å². The van der Waals surface area contributed by atoms with Crippen molar-refractivity contribution in [2.45, 2.75) is 45.3 Å². The van der Waals surface area contributed by atoms with E-state index in [1.165, 1.54) is 13.2 Å². The standard InChI is InChI=1S/C26H27F3N2O5/c1-3-7-18-22(11-10-19-24(18)36-30-25(19)26(27,28)29)35-15-5-4-14-34-21-9-6-8-20-17(21)12-13-31(20)16-23(32)33-2/h6,8-13H,3-5,7,14-16H2,1-2H3. The first-order valence-corrected chi connectivity index (χ1v) is 11.7. The first kappa shape index (κ1) is 25.4. The topological polar surface area (TPSA) is 75.7 Å². The first-order valence-electron chi connectivity index (χ1n) is 11.7. The highest BCUT2D eigenvalue weighted by atomic mass is 19.4. The molecule has 0 aliphatic carbocycles. The van der Waals surface area contributed by atoms with Crippen LogP contribution < -0.4 is 9.47 Å². The van der Waals surface area contributed by atoms with E-state index < -0.39 is 11.9 Å². The molecule has 0 amide bonds. The lowest BCUT2D eigenvalue weighted by molar-refractivity contribution is -0.142. The smallest absolute Gasteiger partial charge is 0.437 e. The molecule has 2 heterocycles. The average Bonchev–Trinajstić information content (AvgIpc) is 3.47. The molecule has 0 spiro atoms. The SMILES string of the molecule is CCCc1c(OCCCCOc2cccc3c2ccn3CC(=O)OC)ccc2c(C(F)(F)F)noc12. The van der Waals surface area contributed by atoms with E-state index in [0.717, 1.165) is 23.1 Å². The van der Waals surface area contributed by atoms with E-state index in [4.69, 9.17) is 18.7 Å². The number of carbonyl (C=O) groups is 1. The number of ether oxygens (including phenoxy) is 3. The second-order valence-corrected chi connectivity index (χ2v) is 8.31. The molecular formula is C26H27F3N2O5. The fourth-order valence-electron chi connectivity index (χ4n) is 4.10. The number of halogens is 3. The first-order chi connectivity index (χ1) is 17.3. The molecular weight excluding hydrogens is 477 g/mol. The maximum absolute atomic E-state index is 13.2. The maximum Gasteiger partial charge on any atom is 0.437 e. The van der Waals surface area contributed by atoms with Gasteiger partial charge in [-0.05, 0) is 49.6 Å². The number of alkyl halides is 3. The van der Waals surface area contributed by atoms with Crippen LogP contribution in [-0.4, -0.2) is 36.0 Å². The van der Waals surface area contributed by atoms with Crippen molar-refractivity contribution in [1.82, 2.24) is 9.72 Å². The minimum atomic E-state index is -4.58. The molecule has 0 aliphatic heterocycles.